The summed E-state index contributed by atoms with van der Waals surface area (Å²) in [5.41, 5.74) is -0.873. The summed E-state index contributed by atoms with van der Waals surface area (Å²) in [6, 6.07) is 3.03. The van der Waals surface area contributed by atoms with E-state index in [1.54, 1.807) is 0 Å². The fourth-order valence-electron chi connectivity index (χ4n) is 1.33. The number of amides is 1. The van der Waals surface area contributed by atoms with Crippen LogP contribution in [0, 0.1) is 0 Å². The van der Waals surface area contributed by atoms with Gasteiger partial charge in [0.2, 0.25) is 5.91 Å². The number of halogens is 4. The van der Waals surface area contributed by atoms with Crippen LogP contribution in [0.5, 0.6) is 0 Å². The van der Waals surface area contributed by atoms with E-state index >= 15 is 0 Å². The molecule has 2 N–H and O–H groups in total. The summed E-state index contributed by atoms with van der Waals surface area (Å²) in [7, 11) is 0. The number of carbonyl (C=O) groups excluding carboxylic acids is 1. The number of hydrogen-bond acceptors (Lipinski definition) is 2. The summed E-state index contributed by atoms with van der Waals surface area (Å²) in [4.78, 5) is 11.5. The first-order chi connectivity index (χ1) is 8.68. The summed E-state index contributed by atoms with van der Waals surface area (Å²) in [5.74, 6) is -0.427. The normalized spacial score (nSPS) is 11.7. The van der Waals surface area contributed by atoms with E-state index in [9.17, 15) is 18.0 Å². The van der Waals surface area contributed by atoms with Crippen LogP contribution < -0.4 is 10.6 Å². The first-order valence-corrected chi connectivity index (χ1v) is 5.97. The van der Waals surface area contributed by atoms with Crippen molar-refractivity contribution >= 4 is 23.2 Å². The Morgan fingerprint density at radius 2 is 1.95 bits per heavy atom. The highest BCUT2D eigenvalue weighted by Crippen LogP contribution is 2.33. The Morgan fingerprint density at radius 3 is 2.47 bits per heavy atom. The number of benzene rings is 1. The Morgan fingerprint density at radius 1 is 1.32 bits per heavy atom. The maximum atomic E-state index is 12.6. The van der Waals surface area contributed by atoms with Gasteiger partial charge in [0.1, 0.15) is 0 Å². The summed E-state index contributed by atoms with van der Waals surface area (Å²) in [6.07, 6.45) is -4.50. The monoisotopic (exact) mass is 294 g/mol. The highest BCUT2D eigenvalue weighted by molar-refractivity contribution is 6.31. The van der Waals surface area contributed by atoms with Gasteiger partial charge in [-0.2, -0.15) is 13.2 Å². The molecule has 0 aliphatic heterocycles. The second-order valence-corrected chi connectivity index (χ2v) is 4.75. The summed E-state index contributed by atoms with van der Waals surface area (Å²) in [6.45, 7) is 3.73. The molecular formula is C12H14ClF3N2O. The standard InChI is InChI=1S/C12H14ClF3N2O/c1-7(2)17-6-11(19)18-10-4-8(12(14,15)16)3-9(13)5-10/h3-5,7,17H,6H2,1-2H3,(H,18,19). The molecule has 0 saturated carbocycles. The van der Waals surface area contributed by atoms with Crippen LogP contribution in [0.2, 0.25) is 5.02 Å². The van der Waals surface area contributed by atoms with Crippen molar-refractivity contribution in [3.63, 3.8) is 0 Å². The average molecular weight is 295 g/mol. The van der Waals surface area contributed by atoms with Crippen LogP contribution in [0.15, 0.2) is 18.2 Å². The first-order valence-electron chi connectivity index (χ1n) is 5.59. The van der Waals surface area contributed by atoms with Gasteiger partial charge in [-0.25, -0.2) is 0 Å². The van der Waals surface area contributed by atoms with Crippen molar-refractivity contribution in [2.24, 2.45) is 0 Å². The van der Waals surface area contributed by atoms with Gasteiger partial charge in [0.05, 0.1) is 12.1 Å². The Kier molecular flexibility index (Phi) is 5.20. The van der Waals surface area contributed by atoms with E-state index in [-0.39, 0.29) is 23.3 Å². The molecule has 1 aromatic rings. The van der Waals surface area contributed by atoms with Gasteiger partial charge < -0.3 is 10.6 Å². The SMILES string of the molecule is CC(C)NCC(=O)Nc1cc(Cl)cc(C(F)(F)F)c1. The smallest absolute Gasteiger partial charge is 0.325 e. The lowest BCUT2D eigenvalue weighted by Gasteiger charge is -2.12. The number of alkyl halides is 3. The minimum atomic E-state index is -4.50. The predicted octanol–water partition coefficient (Wildman–Crippen LogP) is 3.30. The van der Waals surface area contributed by atoms with Crippen LogP contribution >= 0.6 is 11.6 Å². The van der Waals surface area contributed by atoms with Gasteiger partial charge in [-0.3, -0.25) is 4.79 Å². The Labute approximate surface area is 114 Å². The first kappa shape index (κ1) is 15.8. The van der Waals surface area contributed by atoms with Crippen molar-refractivity contribution in [1.29, 1.82) is 0 Å². The van der Waals surface area contributed by atoms with Crippen molar-refractivity contribution in [3.05, 3.63) is 28.8 Å². The van der Waals surface area contributed by atoms with E-state index in [2.05, 4.69) is 10.6 Å². The largest absolute Gasteiger partial charge is 0.416 e. The molecule has 7 heteroatoms. The highest BCUT2D eigenvalue weighted by Gasteiger charge is 2.31. The van der Waals surface area contributed by atoms with E-state index in [0.29, 0.717) is 0 Å². The summed E-state index contributed by atoms with van der Waals surface area (Å²) < 4.78 is 37.7. The van der Waals surface area contributed by atoms with Crippen LogP contribution in [0.1, 0.15) is 19.4 Å². The zero-order valence-electron chi connectivity index (χ0n) is 10.4. The minimum Gasteiger partial charge on any atom is -0.325 e. The van der Waals surface area contributed by atoms with Gasteiger partial charge in [0.15, 0.2) is 0 Å². The number of carbonyl (C=O) groups is 1. The second-order valence-electron chi connectivity index (χ2n) is 4.31. The molecule has 0 atom stereocenters. The third-order valence-electron chi connectivity index (χ3n) is 2.18. The quantitative estimate of drug-likeness (QED) is 0.894. The molecule has 0 bridgehead atoms. The molecule has 0 radical (unpaired) electrons. The van der Waals surface area contributed by atoms with Crippen molar-refractivity contribution in [2.75, 3.05) is 11.9 Å². The van der Waals surface area contributed by atoms with Crippen molar-refractivity contribution in [1.82, 2.24) is 5.32 Å². The maximum absolute atomic E-state index is 12.6. The van der Waals surface area contributed by atoms with E-state index in [0.717, 1.165) is 12.1 Å². The van der Waals surface area contributed by atoms with Gasteiger partial charge in [-0.05, 0) is 18.2 Å². The lowest BCUT2D eigenvalue weighted by molar-refractivity contribution is -0.137. The predicted molar refractivity (Wildman–Crippen MR) is 68.2 cm³/mol. The number of rotatable bonds is 4. The maximum Gasteiger partial charge on any atom is 0.416 e. The number of nitrogens with one attached hydrogen (secondary N) is 2. The van der Waals surface area contributed by atoms with Crippen LogP contribution in [0.4, 0.5) is 18.9 Å². The van der Waals surface area contributed by atoms with Gasteiger partial charge >= 0.3 is 6.18 Å². The molecular weight excluding hydrogens is 281 g/mol. The molecule has 0 spiro atoms. The third-order valence-corrected chi connectivity index (χ3v) is 2.40. The Hall–Kier alpha value is -1.27. The molecule has 106 valence electrons. The topological polar surface area (TPSA) is 41.1 Å². The van der Waals surface area contributed by atoms with Gasteiger partial charge in [0, 0.05) is 16.8 Å². The lowest BCUT2D eigenvalue weighted by atomic mass is 10.2. The third kappa shape index (κ3) is 5.48. The highest BCUT2D eigenvalue weighted by atomic mass is 35.5. The van der Waals surface area contributed by atoms with Crippen LogP contribution in [0.25, 0.3) is 0 Å². The Balaban J connectivity index is 2.79. The van der Waals surface area contributed by atoms with E-state index < -0.39 is 17.6 Å². The molecule has 0 heterocycles. The van der Waals surface area contributed by atoms with Crippen molar-refractivity contribution in [3.8, 4) is 0 Å². The molecule has 1 rings (SSSR count). The number of anilines is 1. The average Bonchev–Trinajstić information content (AvgIpc) is 2.24. The lowest BCUT2D eigenvalue weighted by Crippen LogP contribution is -2.32. The van der Waals surface area contributed by atoms with Crippen molar-refractivity contribution in [2.45, 2.75) is 26.1 Å². The van der Waals surface area contributed by atoms with Gasteiger partial charge in [-0.15, -0.1) is 0 Å². The van der Waals surface area contributed by atoms with E-state index in [1.165, 1.54) is 6.07 Å². The second kappa shape index (κ2) is 6.25. The molecule has 0 aliphatic carbocycles. The molecule has 0 fully saturated rings. The minimum absolute atomic E-state index is 0.0194. The van der Waals surface area contributed by atoms with E-state index in [4.69, 9.17) is 11.6 Å². The number of hydrogen-bond donors (Lipinski definition) is 2. The molecule has 3 nitrogen and oxygen atoms in total. The van der Waals surface area contributed by atoms with Crippen LogP contribution in [-0.2, 0) is 11.0 Å². The summed E-state index contributed by atoms with van der Waals surface area (Å²) >= 11 is 5.60. The van der Waals surface area contributed by atoms with Crippen LogP contribution in [0.3, 0.4) is 0 Å². The molecule has 19 heavy (non-hydrogen) atoms. The fourth-order valence-corrected chi connectivity index (χ4v) is 1.56. The molecule has 1 aromatic carbocycles. The van der Waals surface area contributed by atoms with Gasteiger partial charge in [-0.1, -0.05) is 25.4 Å². The summed E-state index contributed by atoms with van der Waals surface area (Å²) in [5, 5.41) is 5.14. The fraction of sp³-hybridized carbons (Fsp3) is 0.417. The van der Waals surface area contributed by atoms with Crippen molar-refractivity contribution < 1.29 is 18.0 Å². The zero-order valence-corrected chi connectivity index (χ0v) is 11.2. The van der Waals surface area contributed by atoms with Crippen LogP contribution in [-0.4, -0.2) is 18.5 Å². The van der Waals surface area contributed by atoms with Gasteiger partial charge in [0.25, 0.3) is 0 Å². The zero-order chi connectivity index (χ0) is 14.6. The molecule has 0 unspecified atom stereocenters. The molecule has 0 saturated heterocycles. The van der Waals surface area contributed by atoms with E-state index in [1.807, 2.05) is 13.8 Å². The molecule has 0 aliphatic rings. The molecule has 0 aromatic heterocycles. The molecule has 1 amide bonds. The Bertz CT molecular complexity index is 461.